The molecule has 0 aliphatic carbocycles. The Hall–Kier alpha value is -7.49. The molecule has 0 aliphatic heterocycles. The van der Waals surface area contributed by atoms with Crippen LogP contribution in [0.5, 0.6) is 11.5 Å². The van der Waals surface area contributed by atoms with Crippen LogP contribution in [0.25, 0.3) is 33.4 Å². The lowest BCUT2D eigenvalue weighted by Gasteiger charge is -2.23. The van der Waals surface area contributed by atoms with Gasteiger partial charge in [0.1, 0.15) is 11.5 Å². The molecule has 8 aromatic rings. The fourth-order valence-corrected chi connectivity index (χ4v) is 6.97. The Morgan fingerprint density at radius 3 is 1.09 bits per heavy atom. The van der Waals surface area contributed by atoms with Crippen molar-refractivity contribution in [3.8, 4) is 50.9 Å². The second-order valence-electron chi connectivity index (χ2n) is 13.4. The van der Waals surface area contributed by atoms with Crippen LogP contribution in [0.4, 0.5) is 22.7 Å². The zero-order chi connectivity index (χ0) is 37.6. The normalized spacial score (nSPS) is 10.7. The molecular weight excluding hydrogens is 673 g/mol. The fourth-order valence-electron chi connectivity index (χ4n) is 6.97. The number of rotatable bonds is 10. The predicted molar refractivity (Wildman–Crippen MR) is 228 cm³/mol. The molecule has 55 heavy (non-hydrogen) atoms. The monoisotopic (exact) mass is 709 g/mol. The van der Waals surface area contributed by atoms with Gasteiger partial charge in [-0.15, -0.1) is 0 Å². The summed E-state index contributed by atoms with van der Waals surface area (Å²) >= 11 is 0. The van der Waals surface area contributed by atoms with Gasteiger partial charge in [0.25, 0.3) is 0 Å². The van der Waals surface area contributed by atoms with Crippen LogP contribution >= 0.6 is 0 Å². The molecular formula is C49H36BN3O2. The molecule has 0 atom stereocenters. The van der Waals surface area contributed by atoms with Crippen LogP contribution < -0.4 is 27.0 Å². The molecule has 8 aromatic carbocycles. The van der Waals surface area contributed by atoms with E-state index in [0.717, 1.165) is 72.5 Å². The second-order valence-corrected chi connectivity index (χ2v) is 13.4. The van der Waals surface area contributed by atoms with Gasteiger partial charge >= 0.3 is 0 Å². The Labute approximate surface area is 321 Å². The van der Waals surface area contributed by atoms with Gasteiger partial charge in [-0.25, -0.2) is 0 Å². The van der Waals surface area contributed by atoms with Crippen molar-refractivity contribution in [2.24, 2.45) is 0 Å². The van der Waals surface area contributed by atoms with Gasteiger partial charge in [-0.1, -0.05) is 127 Å². The molecule has 0 fully saturated rings. The summed E-state index contributed by atoms with van der Waals surface area (Å²) in [5.74, 6) is 0.495. The molecule has 4 N–H and O–H groups in total. The van der Waals surface area contributed by atoms with E-state index in [1.54, 1.807) is 24.3 Å². The highest BCUT2D eigenvalue weighted by Gasteiger charge is 2.27. The maximum Gasteiger partial charge on any atom is 0.246 e. The van der Waals surface area contributed by atoms with Crippen LogP contribution in [0.15, 0.2) is 194 Å². The first-order chi connectivity index (χ1) is 27.0. The highest BCUT2D eigenvalue weighted by molar-refractivity contribution is 6.97. The molecule has 0 heterocycles. The molecule has 0 saturated carbocycles. The molecule has 0 saturated heterocycles. The topological polar surface area (TPSA) is 88.3 Å². The van der Waals surface area contributed by atoms with E-state index < -0.39 is 0 Å². The number of hydrogen-bond donors (Lipinski definition) is 4. The summed E-state index contributed by atoms with van der Waals surface area (Å²) in [5.41, 5.74) is 14.3. The first kappa shape index (κ1) is 34.6. The average molecular weight is 710 g/mol. The number of nitrogens with zero attached hydrogens (tertiary/aromatic N) is 1. The number of phenolic OH excluding ortho intramolecular Hbond substituents is 2. The molecule has 0 unspecified atom stereocenters. The van der Waals surface area contributed by atoms with Crippen molar-refractivity contribution >= 4 is 45.9 Å². The zero-order valence-corrected chi connectivity index (χ0v) is 29.9. The fraction of sp³-hybridized carbons (Fsp3) is 0. The van der Waals surface area contributed by atoms with Crippen molar-refractivity contribution in [1.82, 2.24) is 0 Å². The number of hydrogen-bond acceptors (Lipinski definition) is 5. The van der Waals surface area contributed by atoms with Gasteiger partial charge in [0.15, 0.2) is 0 Å². The molecule has 0 spiro atoms. The third-order valence-corrected chi connectivity index (χ3v) is 9.86. The van der Waals surface area contributed by atoms with Crippen molar-refractivity contribution < 1.29 is 10.2 Å². The molecule has 0 bridgehead atoms. The molecule has 8 rings (SSSR count). The number of phenols is 2. The van der Waals surface area contributed by atoms with E-state index in [0.29, 0.717) is 5.56 Å². The predicted octanol–water partition coefficient (Wildman–Crippen LogP) is 9.97. The molecule has 5 nitrogen and oxygen atoms in total. The molecule has 262 valence electrons. The van der Waals surface area contributed by atoms with E-state index in [4.69, 9.17) is 0 Å². The highest BCUT2D eigenvalue weighted by atomic mass is 16.3. The van der Waals surface area contributed by atoms with Crippen LogP contribution in [0.3, 0.4) is 0 Å². The number of nitriles is 1. The summed E-state index contributed by atoms with van der Waals surface area (Å²) in [6.45, 7) is -0.144. The minimum absolute atomic E-state index is 0.144. The maximum atomic E-state index is 9.75. The largest absolute Gasteiger partial charge is 0.508 e. The van der Waals surface area contributed by atoms with E-state index in [1.807, 2.05) is 48.5 Å². The number of para-hydroxylation sites is 2. The van der Waals surface area contributed by atoms with Crippen molar-refractivity contribution in [3.63, 3.8) is 0 Å². The maximum absolute atomic E-state index is 9.75. The lowest BCUT2D eigenvalue weighted by Crippen LogP contribution is -2.53. The van der Waals surface area contributed by atoms with Gasteiger partial charge in [-0.05, 0) is 117 Å². The Bertz CT molecular complexity index is 2450. The quantitative estimate of drug-likeness (QED) is 0.106. The van der Waals surface area contributed by atoms with Crippen molar-refractivity contribution in [1.29, 1.82) is 5.26 Å². The first-order valence-electron chi connectivity index (χ1n) is 18.1. The van der Waals surface area contributed by atoms with Crippen LogP contribution in [0.1, 0.15) is 5.56 Å². The number of nitrogens with one attached hydrogen (secondary N) is 2. The summed E-state index contributed by atoms with van der Waals surface area (Å²) in [5, 5.41) is 36.2. The van der Waals surface area contributed by atoms with Crippen LogP contribution in [-0.4, -0.2) is 16.9 Å². The van der Waals surface area contributed by atoms with Crippen LogP contribution in [0, 0.1) is 11.3 Å². The van der Waals surface area contributed by atoms with Crippen molar-refractivity contribution in [3.05, 3.63) is 200 Å². The number of anilines is 4. The summed E-state index contributed by atoms with van der Waals surface area (Å²) in [7, 11) is 0. The Morgan fingerprint density at radius 2 is 0.709 bits per heavy atom. The minimum atomic E-state index is -0.144. The molecule has 0 aromatic heterocycles. The van der Waals surface area contributed by atoms with Crippen molar-refractivity contribution in [2.75, 3.05) is 10.6 Å². The molecule has 0 amide bonds. The van der Waals surface area contributed by atoms with E-state index in [2.05, 4.69) is 138 Å². The Morgan fingerprint density at radius 1 is 0.382 bits per heavy atom. The van der Waals surface area contributed by atoms with Gasteiger partial charge in [-0.2, -0.15) is 5.26 Å². The zero-order valence-electron chi connectivity index (χ0n) is 29.9. The molecule has 6 heteroatoms. The SMILES string of the molecule is N#Cc1ccc(-c2ccc(B(c3ccccc3Nc3ccc(-c4ccc(O)cc4)cc3)c3ccccc3Nc3ccc(-c4ccc(O)cc4)cc3)cc2)cc1. The Kier molecular flexibility index (Phi) is 9.83. The van der Waals surface area contributed by atoms with Gasteiger partial charge in [0.2, 0.25) is 6.71 Å². The highest BCUT2D eigenvalue weighted by Crippen LogP contribution is 2.27. The molecule has 0 aliphatic rings. The van der Waals surface area contributed by atoms with Crippen LogP contribution in [-0.2, 0) is 0 Å². The van der Waals surface area contributed by atoms with Gasteiger partial charge in [0.05, 0.1) is 11.6 Å². The van der Waals surface area contributed by atoms with E-state index >= 15 is 0 Å². The average Bonchev–Trinajstić information content (AvgIpc) is 3.24. The number of benzene rings is 8. The van der Waals surface area contributed by atoms with Gasteiger partial charge in [-0.3, -0.25) is 0 Å². The van der Waals surface area contributed by atoms with Crippen LogP contribution in [0.2, 0.25) is 0 Å². The van der Waals surface area contributed by atoms with Gasteiger partial charge < -0.3 is 20.8 Å². The third kappa shape index (κ3) is 7.83. The smallest absolute Gasteiger partial charge is 0.246 e. The lowest BCUT2D eigenvalue weighted by atomic mass is 9.36. The van der Waals surface area contributed by atoms with Gasteiger partial charge in [0, 0.05) is 22.7 Å². The van der Waals surface area contributed by atoms with Crippen molar-refractivity contribution in [2.45, 2.75) is 0 Å². The summed E-state index contributed by atoms with van der Waals surface area (Å²) < 4.78 is 0. The van der Waals surface area contributed by atoms with E-state index in [9.17, 15) is 15.5 Å². The number of aromatic hydroxyl groups is 2. The molecule has 0 radical (unpaired) electrons. The van der Waals surface area contributed by atoms with E-state index in [-0.39, 0.29) is 18.2 Å². The summed E-state index contributed by atoms with van der Waals surface area (Å²) in [6, 6.07) is 66.7. The Balaban J connectivity index is 1.16. The summed E-state index contributed by atoms with van der Waals surface area (Å²) in [6.07, 6.45) is 0. The minimum Gasteiger partial charge on any atom is -0.508 e. The third-order valence-electron chi connectivity index (χ3n) is 9.86. The lowest BCUT2D eigenvalue weighted by molar-refractivity contribution is 0.475. The second kappa shape index (κ2) is 15.6. The standard InChI is InChI=1S/C49H36BN3O2/c51-33-34-9-11-35(12-10-34)36-13-23-41(24-14-36)50(46-5-1-3-7-48(46)52-42-25-15-37(16-26-42)39-19-29-44(54)30-20-39)47-6-2-4-8-49(47)53-43-27-17-38(18-28-43)40-21-31-45(55)32-22-40/h1-32,52-55H. The van der Waals surface area contributed by atoms with E-state index in [1.165, 1.54) is 0 Å². The first-order valence-corrected chi connectivity index (χ1v) is 18.1. The summed E-state index contributed by atoms with van der Waals surface area (Å²) in [4.78, 5) is 0.